The molecule has 4 heteroatoms. The minimum atomic E-state index is -0.861. The standard InChI is InChI=1S/C4H9.C2H5OS.Cu.Li/c1-3-4-2;1-4(2)3;;/h1,3-4H2,2H3;1H2,2H3;;/q2*-1;2*+1. The maximum atomic E-state index is 9.44. The third-order valence-corrected chi connectivity index (χ3v) is 0.354. The Bertz CT molecular complexity index is 55.7. The molecular formula is C6H14CuLiOS. The molecule has 0 radical (unpaired) electrons. The molecule has 0 saturated heterocycles. The van der Waals surface area contributed by atoms with E-state index in [1.807, 2.05) is 0 Å². The van der Waals surface area contributed by atoms with Crippen LogP contribution in [0.5, 0.6) is 0 Å². The Labute approximate surface area is 89.8 Å². The topological polar surface area (TPSA) is 17.1 Å². The zero-order valence-electron chi connectivity index (χ0n) is 6.95. The van der Waals surface area contributed by atoms with E-state index < -0.39 is 10.8 Å². The van der Waals surface area contributed by atoms with Crippen LogP contribution in [0.4, 0.5) is 0 Å². The van der Waals surface area contributed by atoms with Crippen molar-refractivity contribution >= 4 is 10.8 Å². The molecule has 0 aromatic heterocycles. The van der Waals surface area contributed by atoms with Crippen LogP contribution in [0.3, 0.4) is 0 Å². The van der Waals surface area contributed by atoms with Crippen molar-refractivity contribution in [2.75, 3.05) is 6.26 Å². The van der Waals surface area contributed by atoms with Crippen LogP contribution in [0.1, 0.15) is 19.8 Å². The van der Waals surface area contributed by atoms with Gasteiger partial charge < -0.3 is 6.92 Å². The van der Waals surface area contributed by atoms with Gasteiger partial charge in [0.15, 0.2) is 0 Å². The summed E-state index contributed by atoms with van der Waals surface area (Å²) < 4.78 is 9.44. The maximum absolute atomic E-state index is 9.44. The van der Waals surface area contributed by atoms with E-state index in [0.717, 1.165) is 6.42 Å². The van der Waals surface area contributed by atoms with Crippen molar-refractivity contribution in [1.29, 1.82) is 0 Å². The number of hydrogen-bond acceptors (Lipinski definition) is 1. The van der Waals surface area contributed by atoms with Crippen molar-refractivity contribution in [3.63, 3.8) is 0 Å². The molecule has 62 valence electrons. The van der Waals surface area contributed by atoms with E-state index in [1.54, 1.807) is 0 Å². The van der Waals surface area contributed by atoms with Gasteiger partial charge >= 0.3 is 35.9 Å². The molecule has 1 nitrogen and oxygen atoms in total. The molecular weight excluding hydrogens is 191 g/mol. The quantitative estimate of drug-likeness (QED) is 0.387. The first-order chi connectivity index (χ1) is 3.65. The molecule has 0 N–H and O–H groups in total. The second kappa shape index (κ2) is 22.4. The zero-order chi connectivity index (χ0) is 6.99. The Morgan fingerprint density at radius 1 is 1.50 bits per heavy atom. The van der Waals surface area contributed by atoms with E-state index in [0.29, 0.717) is 0 Å². The molecule has 0 aliphatic rings. The van der Waals surface area contributed by atoms with Gasteiger partial charge in [0, 0.05) is 0 Å². The summed E-state index contributed by atoms with van der Waals surface area (Å²) in [6.45, 7) is 5.72. The van der Waals surface area contributed by atoms with Gasteiger partial charge in [-0.15, -0.1) is 10.8 Å². The Morgan fingerprint density at radius 3 is 1.60 bits per heavy atom. The van der Waals surface area contributed by atoms with Crippen molar-refractivity contribution in [2.45, 2.75) is 19.8 Å². The van der Waals surface area contributed by atoms with Gasteiger partial charge in [-0.05, 0) is 6.26 Å². The monoisotopic (exact) mass is 204 g/mol. The summed E-state index contributed by atoms with van der Waals surface area (Å²) >= 11 is 0. The molecule has 0 rings (SSSR count). The fraction of sp³-hybridized carbons (Fsp3) is 0.667. The molecule has 0 aromatic rings. The van der Waals surface area contributed by atoms with E-state index in [4.69, 9.17) is 0 Å². The molecule has 0 bridgehead atoms. The SMILES string of the molecule is [CH2-]CCC.[CH2-]S(C)=O.[Cu+].[Li+]. The first kappa shape index (κ1) is 22.5. The van der Waals surface area contributed by atoms with Crippen molar-refractivity contribution < 1.29 is 40.1 Å². The third-order valence-electron chi connectivity index (χ3n) is 0.354. The normalized spacial score (nSPS) is 9.20. The van der Waals surface area contributed by atoms with Gasteiger partial charge in [-0.1, -0.05) is 13.3 Å². The summed E-state index contributed by atoms with van der Waals surface area (Å²) in [6.07, 6.45) is 6.92. The van der Waals surface area contributed by atoms with Gasteiger partial charge in [-0.25, -0.2) is 0 Å². The number of rotatable bonds is 1. The van der Waals surface area contributed by atoms with Gasteiger partial charge in [-0.2, -0.15) is 6.42 Å². The summed E-state index contributed by atoms with van der Waals surface area (Å²) in [4.78, 5) is 0. The van der Waals surface area contributed by atoms with Crippen molar-refractivity contribution in [1.82, 2.24) is 0 Å². The average Bonchev–Trinajstić information content (AvgIpc) is 1.65. The van der Waals surface area contributed by atoms with Crippen molar-refractivity contribution in [3.05, 3.63) is 13.2 Å². The summed E-state index contributed by atoms with van der Waals surface area (Å²) in [6, 6.07) is 0. The second-order valence-corrected chi connectivity index (χ2v) is 2.57. The smallest absolute Gasteiger partial charge is 0.343 e. The van der Waals surface area contributed by atoms with Gasteiger partial charge in [0.05, 0.1) is 0 Å². The molecule has 0 fully saturated rings. The van der Waals surface area contributed by atoms with E-state index in [-0.39, 0.29) is 35.9 Å². The minimum absolute atomic E-state index is 0. The zero-order valence-corrected chi connectivity index (χ0v) is 8.70. The Kier molecular flexibility index (Phi) is 50.5. The van der Waals surface area contributed by atoms with Gasteiger partial charge in [-0.3, -0.25) is 10.5 Å². The predicted octanol–water partition coefficient (Wildman–Crippen LogP) is -1.22. The molecule has 0 spiro atoms. The van der Waals surface area contributed by atoms with Crippen LogP contribution >= 0.6 is 0 Å². The largest absolute Gasteiger partial charge is 1.00 e. The van der Waals surface area contributed by atoms with Crippen LogP contribution < -0.4 is 18.9 Å². The Hall–Kier alpha value is 1.27. The summed E-state index contributed by atoms with van der Waals surface area (Å²) in [5.41, 5.74) is 0. The molecule has 10 heavy (non-hydrogen) atoms. The van der Waals surface area contributed by atoms with Crippen molar-refractivity contribution in [3.8, 4) is 0 Å². The van der Waals surface area contributed by atoms with Gasteiger partial charge in [0.1, 0.15) is 0 Å². The average molecular weight is 205 g/mol. The first-order valence-corrected chi connectivity index (χ1v) is 4.30. The summed E-state index contributed by atoms with van der Waals surface area (Å²) in [5, 5.41) is 0. The van der Waals surface area contributed by atoms with Crippen LogP contribution in [-0.2, 0) is 27.9 Å². The number of hydrogen-bond donors (Lipinski definition) is 0. The van der Waals surface area contributed by atoms with E-state index in [9.17, 15) is 4.21 Å². The van der Waals surface area contributed by atoms with Crippen LogP contribution in [0.25, 0.3) is 0 Å². The van der Waals surface area contributed by atoms with Gasteiger partial charge in [0.2, 0.25) is 0 Å². The predicted molar refractivity (Wildman–Crippen MR) is 39.7 cm³/mol. The summed E-state index contributed by atoms with van der Waals surface area (Å²) in [7, 11) is -0.861. The van der Waals surface area contributed by atoms with E-state index in [2.05, 4.69) is 20.1 Å². The summed E-state index contributed by atoms with van der Waals surface area (Å²) in [5.74, 6) is 0. The van der Waals surface area contributed by atoms with E-state index in [1.165, 1.54) is 12.7 Å². The third kappa shape index (κ3) is 123. The molecule has 0 heterocycles. The Balaban J connectivity index is -0.0000000300. The molecule has 0 aromatic carbocycles. The van der Waals surface area contributed by atoms with Crippen LogP contribution in [-0.4, -0.2) is 10.5 Å². The van der Waals surface area contributed by atoms with Crippen LogP contribution in [0.15, 0.2) is 0 Å². The molecule has 0 aliphatic heterocycles. The fourth-order valence-electron chi connectivity index (χ4n) is 0. The molecule has 1 atom stereocenters. The first-order valence-electron chi connectivity index (χ1n) is 2.57. The fourth-order valence-corrected chi connectivity index (χ4v) is 0. The maximum Gasteiger partial charge on any atom is 1.00 e. The van der Waals surface area contributed by atoms with E-state index >= 15 is 0 Å². The Morgan fingerprint density at radius 2 is 1.60 bits per heavy atom. The van der Waals surface area contributed by atoms with Gasteiger partial charge in [0.25, 0.3) is 0 Å². The van der Waals surface area contributed by atoms with Crippen LogP contribution in [0.2, 0.25) is 0 Å². The molecule has 0 saturated carbocycles. The second-order valence-electron chi connectivity index (χ2n) is 1.43. The molecule has 1 unspecified atom stereocenters. The minimum Gasteiger partial charge on any atom is -0.343 e. The molecule has 0 amide bonds. The van der Waals surface area contributed by atoms with Crippen molar-refractivity contribution in [2.24, 2.45) is 0 Å². The molecule has 0 aliphatic carbocycles. The van der Waals surface area contributed by atoms with Crippen LogP contribution in [0, 0.1) is 13.2 Å². The number of unbranched alkanes of at least 4 members (excludes halogenated alkanes) is 1.